The number of esters is 1. The molecule has 4 heteroatoms. The zero-order chi connectivity index (χ0) is 12.0. The molecular formula is C12H17NO3. The van der Waals surface area contributed by atoms with Crippen LogP contribution in [0.1, 0.15) is 41.7 Å². The Hall–Kier alpha value is -1.42. The van der Waals surface area contributed by atoms with E-state index in [2.05, 4.69) is 16.6 Å². The molecule has 1 rings (SSSR count). The fraction of sp³-hybridized carbons (Fsp3) is 0.500. The van der Waals surface area contributed by atoms with Crippen molar-refractivity contribution in [3.8, 4) is 0 Å². The summed E-state index contributed by atoms with van der Waals surface area (Å²) in [4.78, 5) is 15.4. The van der Waals surface area contributed by atoms with Gasteiger partial charge >= 0.3 is 5.97 Å². The number of aliphatic hydroxyl groups is 1. The Morgan fingerprint density at radius 1 is 1.56 bits per heavy atom. The minimum absolute atomic E-state index is 0.0525. The van der Waals surface area contributed by atoms with Crippen molar-refractivity contribution in [2.75, 3.05) is 13.7 Å². The minimum Gasteiger partial charge on any atom is -0.465 e. The third-order valence-electron chi connectivity index (χ3n) is 2.48. The van der Waals surface area contributed by atoms with Gasteiger partial charge in [-0.25, -0.2) is 4.79 Å². The number of aromatic nitrogens is 1. The summed E-state index contributed by atoms with van der Waals surface area (Å²) < 4.78 is 4.58. The van der Waals surface area contributed by atoms with Crippen molar-refractivity contribution >= 4 is 5.97 Å². The molecule has 1 unspecified atom stereocenters. The summed E-state index contributed by atoms with van der Waals surface area (Å²) in [5, 5.41) is 9.20. The standard InChI is InChI=1S/C12H17NO3/c1-3-4-10(8-14)11-6-5-9(7-13-11)12(15)16-2/h5-7,10,14H,3-4,8H2,1-2H3. The fourth-order valence-corrected chi connectivity index (χ4v) is 1.57. The first kappa shape index (κ1) is 12.6. The smallest absolute Gasteiger partial charge is 0.339 e. The monoisotopic (exact) mass is 223 g/mol. The van der Waals surface area contributed by atoms with Crippen LogP contribution in [0.4, 0.5) is 0 Å². The quantitative estimate of drug-likeness (QED) is 0.772. The van der Waals surface area contributed by atoms with Gasteiger partial charge < -0.3 is 9.84 Å². The Morgan fingerprint density at radius 2 is 2.31 bits per heavy atom. The molecule has 0 spiro atoms. The topological polar surface area (TPSA) is 59.4 Å². The highest BCUT2D eigenvalue weighted by molar-refractivity contribution is 5.88. The predicted octanol–water partition coefficient (Wildman–Crippen LogP) is 1.74. The molecule has 0 amide bonds. The normalized spacial score (nSPS) is 12.2. The number of nitrogens with zero attached hydrogens (tertiary/aromatic N) is 1. The summed E-state index contributed by atoms with van der Waals surface area (Å²) >= 11 is 0. The number of carbonyl (C=O) groups is 1. The summed E-state index contributed by atoms with van der Waals surface area (Å²) in [7, 11) is 1.34. The molecule has 0 saturated heterocycles. The van der Waals surface area contributed by atoms with E-state index in [0.29, 0.717) is 5.56 Å². The molecule has 1 atom stereocenters. The van der Waals surface area contributed by atoms with Gasteiger partial charge in [-0.1, -0.05) is 13.3 Å². The second kappa shape index (κ2) is 6.23. The van der Waals surface area contributed by atoms with Crippen LogP contribution < -0.4 is 0 Å². The summed E-state index contributed by atoms with van der Waals surface area (Å²) in [5.74, 6) is -0.341. The van der Waals surface area contributed by atoms with E-state index in [1.807, 2.05) is 0 Å². The molecule has 1 N–H and O–H groups in total. The van der Waals surface area contributed by atoms with Crippen molar-refractivity contribution in [3.05, 3.63) is 29.6 Å². The lowest BCUT2D eigenvalue weighted by atomic mass is 10.00. The maximum atomic E-state index is 11.2. The molecule has 0 aromatic carbocycles. The number of hydrogen-bond acceptors (Lipinski definition) is 4. The number of ether oxygens (including phenoxy) is 1. The molecule has 0 aliphatic heterocycles. The maximum absolute atomic E-state index is 11.2. The molecule has 1 aromatic heterocycles. The van der Waals surface area contributed by atoms with Gasteiger partial charge in [0.15, 0.2) is 0 Å². The van der Waals surface area contributed by atoms with Crippen LogP contribution in [0.3, 0.4) is 0 Å². The van der Waals surface area contributed by atoms with E-state index in [4.69, 9.17) is 0 Å². The number of aliphatic hydroxyl groups excluding tert-OH is 1. The largest absolute Gasteiger partial charge is 0.465 e. The highest BCUT2D eigenvalue weighted by atomic mass is 16.5. The average Bonchev–Trinajstić information content (AvgIpc) is 2.35. The van der Waals surface area contributed by atoms with Gasteiger partial charge in [0.25, 0.3) is 0 Å². The Morgan fingerprint density at radius 3 is 2.75 bits per heavy atom. The second-order valence-electron chi connectivity index (χ2n) is 3.63. The molecule has 0 fully saturated rings. The zero-order valence-corrected chi connectivity index (χ0v) is 9.64. The molecule has 0 bridgehead atoms. The molecule has 1 aromatic rings. The number of methoxy groups -OCH3 is 1. The first-order valence-corrected chi connectivity index (χ1v) is 5.38. The molecule has 0 aliphatic carbocycles. The van der Waals surface area contributed by atoms with Crippen molar-refractivity contribution in [2.45, 2.75) is 25.7 Å². The minimum atomic E-state index is -0.393. The van der Waals surface area contributed by atoms with Crippen LogP contribution >= 0.6 is 0 Å². The predicted molar refractivity (Wildman–Crippen MR) is 60.3 cm³/mol. The van der Waals surface area contributed by atoms with Gasteiger partial charge in [-0.15, -0.1) is 0 Å². The highest BCUT2D eigenvalue weighted by Crippen LogP contribution is 2.18. The van der Waals surface area contributed by atoms with Gasteiger partial charge in [-0.3, -0.25) is 4.98 Å². The molecule has 16 heavy (non-hydrogen) atoms. The Labute approximate surface area is 95.3 Å². The number of pyridine rings is 1. The first-order chi connectivity index (χ1) is 7.72. The van der Waals surface area contributed by atoms with Crippen LogP contribution in [-0.2, 0) is 4.74 Å². The van der Waals surface area contributed by atoms with Crippen LogP contribution in [0.15, 0.2) is 18.3 Å². The highest BCUT2D eigenvalue weighted by Gasteiger charge is 2.12. The van der Waals surface area contributed by atoms with E-state index in [0.717, 1.165) is 18.5 Å². The van der Waals surface area contributed by atoms with E-state index in [1.165, 1.54) is 13.3 Å². The average molecular weight is 223 g/mol. The molecule has 88 valence electrons. The fourth-order valence-electron chi connectivity index (χ4n) is 1.57. The van der Waals surface area contributed by atoms with Gasteiger partial charge in [0, 0.05) is 17.8 Å². The van der Waals surface area contributed by atoms with Crippen molar-refractivity contribution in [1.82, 2.24) is 4.98 Å². The van der Waals surface area contributed by atoms with Crippen LogP contribution in [0.25, 0.3) is 0 Å². The molecule has 0 saturated carbocycles. The SMILES string of the molecule is CCCC(CO)c1ccc(C(=O)OC)cn1. The van der Waals surface area contributed by atoms with Crippen LogP contribution in [-0.4, -0.2) is 29.8 Å². The van der Waals surface area contributed by atoms with Gasteiger partial charge in [-0.2, -0.15) is 0 Å². The molecule has 0 aliphatic rings. The number of rotatable bonds is 5. The maximum Gasteiger partial charge on any atom is 0.339 e. The van der Waals surface area contributed by atoms with Crippen molar-refractivity contribution in [1.29, 1.82) is 0 Å². The third-order valence-corrected chi connectivity index (χ3v) is 2.48. The van der Waals surface area contributed by atoms with Crippen LogP contribution in [0, 0.1) is 0 Å². The lowest BCUT2D eigenvalue weighted by Crippen LogP contribution is -2.08. The van der Waals surface area contributed by atoms with Crippen molar-refractivity contribution in [3.63, 3.8) is 0 Å². The van der Waals surface area contributed by atoms with E-state index in [9.17, 15) is 9.90 Å². The molecule has 4 nitrogen and oxygen atoms in total. The van der Waals surface area contributed by atoms with Gasteiger partial charge in [0.1, 0.15) is 0 Å². The number of carbonyl (C=O) groups excluding carboxylic acids is 1. The summed E-state index contributed by atoms with van der Waals surface area (Å²) in [6.45, 7) is 2.14. The van der Waals surface area contributed by atoms with Gasteiger partial charge in [0.2, 0.25) is 0 Å². The lowest BCUT2D eigenvalue weighted by Gasteiger charge is -2.12. The van der Waals surface area contributed by atoms with E-state index in [-0.39, 0.29) is 12.5 Å². The Bertz CT molecular complexity index is 335. The lowest BCUT2D eigenvalue weighted by molar-refractivity contribution is 0.0600. The third kappa shape index (κ3) is 3.03. The van der Waals surface area contributed by atoms with E-state index < -0.39 is 5.97 Å². The molecule has 1 heterocycles. The summed E-state index contributed by atoms with van der Waals surface area (Å²) in [6, 6.07) is 3.44. The number of hydrogen-bond donors (Lipinski definition) is 1. The summed E-state index contributed by atoms with van der Waals surface area (Å²) in [6.07, 6.45) is 3.37. The molecular weight excluding hydrogens is 206 g/mol. The van der Waals surface area contributed by atoms with E-state index in [1.54, 1.807) is 12.1 Å². The second-order valence-corrected chi connectivity index (χ2v) is 3.63. The Balaban J connectivity index is 2.80. The first-order valence-electron chi connectivity index (χ1n) is 5.38. The Kier molecular flexibility index (Phi) is 4.92. The van der Waals surface area contributed by atoms with Crippen molar-refractivity contribution < 1.29 is 14.6 Å². The van der Waals surface area contributed by atoms with Gasteiger partial charge in [-0.05, 0) is 18.6 Å². The van der Waals surface area contributed by atoms with Gasteiger partial charge in [0.05, 0.1) is 19.3 Å². The zero-order valence-electron chi connectivity index (χ0n) is 9.64. The summed E-state index contributed by atoms with van der Waals surface area (Å²) in [5.41, 5.74) is 1.25. The van der Waals surface area contributed by atoms with Crippen molar-refractivity contribution in [2.24, 2.45) is 0 Å². The van der Waals surface area contributed by atoms with Crippen LogP contribution in [0.5, 0.6) is 0 Å². The molecule has 0 radical (unpaired) electrons. The van der Waals surface area contributed by atoms with E-state index >= 15 is 0 Å². The van der Waals surface area contributed by atoms with Crippen LogP contribution in [0.2, 0.25) is 0 Å².